The summed E-state index contributed by atoms with van der Waals surface area (Å²) >= 11 is 5.90. The summed E-state index contributed by atoms with van der Waals surface area (Å²) in [5.74, 6) is 0. The molecule has 0 atom stereocenters. The van der Waals surface area contributed by atoms with E-state index >= 15 is 0 Å². The molecule has 126 valence electrons. The maximum Gasteiger partial charge on any atom is 0.284 e. The van der Waals surface area contributed by atoms with Crippen LogP contribution >= 0.6 is 11.6 Å². The minimum Gasteiger partial charge on any atom is -0.366 e. The molecule has 2 rings (SSSR count). The first-order chi connectivity index (χ1) is 10.5. The van der Waals surface area contributed by atoms with Gasteiger partial charge in [0.2, 0.25) is 4.58 Å². The molecule has 0 unspecified atom stereocenters. The molecule has 1 aliphatic rings. The van der Waals surface area contributed by atoms with Crippen LogP contribution in [0.1, 0.15) is 12.0 Å². The molecule has 0 saturated heterocycles. The lowest BCUT2D eigenvalue weighted by molar-refractivity contribution is 0.450. The number of halogens is 1. The molecule has 0 aliphatic carbocycles. The van der Waals surface area contributed by atoms with Crippen LogP contribution in [0.15, 0.2) is 12.1 Å². The number of anilines is 2. The van der Waals surface area contributed by atoms with Gasteiger partial charge in [0.1, 0.15) is 6.07 Å². The Balaban J connectivity index is 2.24. The molecule has 12 heteroatoms. The van der Waals surface area contributed by atoms with E-state index in [0.29, 0.717) is 11.4 Å². The van der Waals surface area contributed by atoms with Gasteiger partial charge in [-0.3, -0.25) is 9.11 Å². The molecule has 23 heavy (non-hydrogen) atoms. The molecule has 0 fully saturated rings. The Bertz CT molecular complexity index is 846. The third-order valence-corrected chi connectivity index (χ3v) is 6.88. The monoisotopic (exact) mass is 381 g/mol. The standard InChI is InChI=1S/C11H12ClN3O6S2/c12-8-4-9-10(3-7(8)5-13)15(6-14-9)2-1-11(22(16,17)18)23(19,20)21/h3-4,11,14H,1-2,6H2,(H,16,17,18)(H,19,20,21). The molecule has 0 spiro atoms. The van der Waals surface area contributed by atoms with Crippen molar-refractivity contribution in [2.45, 2.75) is 11.0 Å². The average molecular weight is 382 g/mol. The normalized spacial score (nSPS) is 14.5. The van der Waals surface area contributed by atoms with Gasteiger partial charge in [0, 0.05) is 13.0 Å². The van der Waals surface area contributed by atoms with Crippen molar-refractivity contribution >= 4 is 43.2 Å². The molecule has 0 aromatic heterocycles. The maximum absolute atomic E-state index is 11.1. The Labute approximate surface area is 138 Å². The van der Waals surface area contributed by atoms with E-state index in [4.69, 9.17) is 26.0 Å². The minimum atomic E-state index is -4.97. The largest absolute Gasteiger partial charge is 0.366 e. The van der Waals surface area contributed by atoms with Gasteiger partial charge in [-0.05, 0) is 12.1 Å². The van der Waals surface area contributed by atoms with Crippen LogP contribution in [0.25, 0.3) is 0 Å². The molecule has 0 amide bonds. The van der Waals surface area contributed by atoms with Crippen LogP contribution in [0, 0.1) is 11.3 Å². The highest BCUT2D eigenvalue weighted by molar-refractivity contribution is 8.03. The summed E-state index contributed by atoms with van der Waals surface area (Å²) in [7, 11) is -9.94. The first-order valence-corrected chi connectivity index (χ1v) is 9.57. The van der Waals surface area contributed by atoms with E-state index in [1.165, 1.54) is 12.1 Å². The summed E-state index contributed by atoms with van der Waals surface area (Å²) in [6.07, 6.45) is -0.552. The van der Waals surface area contributed by atoms with Crippen molar-refractivity contribution in [1.82, 2.24) is 0 Å². The SMILES string of the molecule is N#Cc1cc2c(cc1Cl)NCN2CCC(S(=O)(=O)O)S(=O)(=O)O. The van der Waals surface area contributed by atoms with E-state index in [-0.39, 0.29) is 23.8 Å². The fraction of sp³-hybridized carbons (Fsp3) is 0.364. The Morgan fingerprint density at radius 1 is 1.30 bits per heavy atom. The predicted octanol–water partition coefficient (Wildman–Crippen LogP) is 0.893. The summed E-state index contributed by atoms with van der Waals surface area (Å²) in [5, 5.41) is 12.2. The van der Waals surface area contributed by atoms with Gasteiger partial charge in [0.15, 0.2) is 0 Å². The van der Waals surface area contributed by atoms with Crippen LogP contribution in [0.2, 0.25) is 5.02 Å². The topological polar surface area (TPSA) is 148 Å². The predicted molar refractivity (Wildman–Crippen MR) is 83.5 cm³/mol. The van der Waals surface area contributed by atoms with E-state index < -0.39 is 31.2 Å². The van der Waals surface area contributed by atoms with Gasteiger partial charge in [0.25, 0.3) is 20.2 Å². The summed E-state index contributed by atoms with van der Waals surface area (Å²) < 4.78 is 59.9. The first-order valence-electron chi connectivity index (χ1n) is 6.19. The van der Waals surface area contributed by atoms with Crippen molar-refractivity contribution in [3.8, 4) is 6.07 Å². The lowest BCUT2D eigenvalue weighted by Gasteiger charge is -2.20. The Kier molecular flexibility index (Phi) is 4.74. The molecular formula is C11H12ClN3O6S2. The second-order valence-electron chi connectivity index (χ2n) is 4.81. The van der Waals surface area contributed by atoms with Crippen molar-refractivity contribution < 1.29 is 25.9 Å². The summed E-state index contributed by atoms with van der Waals surface area (Å²) in [6.45, 7) is 0.126. The second-order valence-corrected chi connectivity index (χ2v) is 8.71. The zero-order chi connectivity index (χ0) is 17.4. The molecule has 1 heterocycles. The summed E-state index contributed by atoms with van der Waals surface area (Å²) in [5.41, 5.74) is 1.35. The summed E-state index contributed by atoms with van der Waals surface area (Å²) in [4.78, 5) is 1.57. The van der Waals surface area contributed by atoms with Crippen molar-refractivity contribution in [1.29, 1.82) is 5.26 Å². The number of fused-ring (bicyclic) bond motifs is 1. The third-order valence-electron chi connectivity index (χ3n) is 3.31. The van der Waals surface area contributed by atoms with Crippen molar-refractivity contribution in [2.75, 3.05) is 23.4 Å². The molecule has 9 nitrogen and oxygen atoms in total. The molecule has 1 aromatic carbocycles. The number of nitrogens with one attached hydrogen (secondary N) is 1. The Morgan fingerprint density at radius 3 is 2.43 bits per heavy atom. The summed E-state index contributed by atoms with van der Waals surface area (Å²) in [6, 6.07) is 4.91. The smallest absolute Gasteiger partial charge is 0.284 e. The van der Waals surface area contributed by atoms with Crippen LogP contribution in [0.4, 0.5) is 11.4 Å². The van der Waals surface area contributed by atoms with E-state index in [9.17, 15) is 16.8 Å². The lowest BCUT2D eigenvalue weighted by Crippen LogP contribution is -2.35. The molecule has 1 aromatic rings. The second kappa shape index (κ2) is 6.14. The number of hydrogen-bond donors (Lipinski definition) is 3. The lowest BCUT2D eigenvalue weighted by atomic mass is 10.2. The average Bonchev–Trinajstić information content (AvgIpc) is 2.77. The van der Waals surface area contributed by atoms with Crippen LogP contribution in [-0.2, 0) is 20.2 Å². The molecule has 0 bridgehead atoms. The van der Waals surface area contributed by atoms with Crippen molar-refractivity contribution in [3.05, 3.63) is 22.7 Å². The van der Waals surface area contributed by atoms with E-state index in [1.807, 2.05) is 6.07 Å². The van der Waals surface area contributed by atoms with Gasteiger partial charge in [-0.2, -0.15) is 22.1 Å². The molecule has 3 N–H and O–H groups in total. The highest BCUT2D eigenvalue weighted by atomic mass is 35.5. The first kappa shape index (κ1) is 17.8. The highest BCUT2D eigenvalue weighted by Crippen LogP contribution is 2.36. The zero-order valence-electron chi connectivity index (χ0n) is 11.5. The number of benzene rings is 1. The van der Waals surface area contributed by atoms with Crippen LogP contribution in [0.3, 0.4) is 0 Å². The zero-order valence-corrected chi connectivity index (χ0v) is 13.9. The highest BCUT2D eigenvalue weighted by Gasteiger charge is 2.36. The van der Waals surface area contributed by atoms with Crippen LogP contribution in [0.5, 0.6) is 0 Å². The van der Waals surface area contributed by atoms with Gasteiger partial charge in [0.05, 0.1) is 28.6 Å². The Hall–Kier alpha value is -1.58. The third kappa shape index (κ3) is 3.85. The van der Waals surface area contributed by atoms with E-state index in [1.54, 1.807) is 4.90 Å². The minimum absolute atomic E-state index is 0.100. The molecule has 0 saturated carbocycles. The van der Waals surface area contributed by atoms with Gasteiger partial charge in [-0.15, -0.1) is 0 Å². The Morgan fingerprint density at radius 2 is 1.91 bits per heavy atom. The maximum atomic E-state index is 11.1. The molecule has 0 radical (unpaired) electrons. The van der Waals surface area contributed by atoms with Gasteiger partial charge >= 0.3 is 0 Å². The fourth-order valence-corrected chi connectivity index (χ4v) is 4.47. The van der Waals surface area contributed by atoms with Crippen LogP contribution < -0.4 is 10.2 Å². The van der Waals surface area contributed by atoms with Gasteiger partial charge in [-0.1, -0.05) is 11.6 Å². The van der Waals surface area contributed by atoms with E-state index in [0.717, 1.165) is 0 Å². The fourth-order valence-electron chi connectivity index (χ4n) is 2.23. The van der Waals surface area contributed by atoms with Crippen LogP contribution in [-0.4, -0.2) is 43.7 Å². The molecule has 1 aliphatic heterocycles. The molecular weight excluding hydrogens is 370 g/mol. The van der Waals surface area contributed by atoms with Gasteiger partial charge < -0.3 is 10.2 Å². The van der Waals surface area contributed by atoms with Gasteiger partial charge in [-0.25, -0.2) is 0 Å². The quantitative estimate of drug-likeness (QED) is 0.632. The van der Waals surface area contributed by atoms with E-state index in [2.05, 4.69) is 5.32 Å². The van der Waals surface area contributed by atoms with Crippen molar-refractivity contribution in [2.24, 2.45) is 0 Å². The number of hydrogen-bond acceptors (Lipinski definition) is 7. The number of nitrogens with zero attached hydrogens (tertiary/aromatic N) is 2. The van der Waals surface area contributed by atoms with Crippen molar-refractivity contribution in [3.63, 3.8) is 0 Å². The number of nitriles is 1. The number of rotatable bonds is 5.